The van der Waals surface area contributed by atoms with Gasteiger partial charge in [0.25, 0.3) is 0 Å². The van der Waals surface area contributed by atoms with Crippen LogP contribution in [0.5, 0.6) is 0 Å². The van der Waals surface area contributed by atoms with E-state index in [2.05, 4.69) is 5.32 Å². The average molecular weight is 276 g/mol. The van der Waals surface area contributed by atoms with Crippen molar-refractivity contribution in [2.75, 3.05) is 13.1 Å². The molecule has 2 atom stereocenters. The quantitative estimate of drug-likeness (QED) is 0.907. The van der Waals surface area contributed by atoms with Gasteiger partial charge in [-0.05, 0) is 25.0 Å². The van der Waals surface area contributed by atoms with E-state index in [1.165, 1.54) is 0 Å². The monoisotopic (exact) mass is 276 g/mol. The zero-order valence-electron chi connectivity index (χ0n) is 11.7. The number of hydrogen-bond acceptors (Lipinski definition) is 3. The highest BCUT2D eigenvalue weighted by Crippen LogP contribution is 2.58. The van der Waals surface area contributed by atoms with Crippen LogP contribution in [0.4, 0.5) is 0 Å². The lowest BCUT2D eigenvalue weighted by atomic mass is 10.0. The number of nitrogens with zero attached hydrogens (tertiary/aromatic N) is 1. The van der Waals surface area contributed by atoms with E-state index in [1.54, 1.807) is 6.26 Å². The van der Waals surface area contributed by atoms with Gasteiger partial charge in [-0.3, -0.25) is 9.59 Å². The maximum absolute atomic E-state index is 12.2. The summed E-state index contributed by atoms with van der Waals surface area (Å²) in [5, 5.41) is 2.92. The van der Waals surface area contributed by atoms with Crippen LogP contribution in [0.15, 0.2) is 22.8 Å². The van der Waals surface area contributed by atoms with E-state index < -0.39 is 0 Å². The number of nitrogens with one attached hydrogen (secondary N) is 1. The summed E-state index contributed by atoms with van der Waals surface area (Å²) in [5.41, 5.74) is 0.0536. The number of likely N-dealkylation sites (tertiary alicyclic amines) is 1. The standard InChI is InChI=1S/C15H20N2O3/c1-2-13(18)17-6-5-15(10-17)8-12(15)14(19)16-9-11-4-3-7-20-11/h3-4,7,12H,2,5-6,8-10H2,1H3,(H,16,19)/t12-,15-/m0/s1. The van der Waals surface area contributed by atoms with Gasteiger partial charge in [0.15, 0.2) is 0 Å². The van der Waals surface area contributed by atoms with Gasteiger partial charge in [-0.2, -0.15) is 0 Å². The van der Waals surface area contributed by atoms with Gasteiger partial charge in [0, 0.05) is 30.8 Å². The molecule has 0 bridgehead atoms. The van der Waals surface area contributed by atoms with E-state index in [0.29, 0.717) is 13.0 Å². The smallest absolute Gasteiger partial charge is 0.224 e. The fourth-order valence-electron chi connectivity index (χ4n) is 3.21. The first-order valence-electron chi connectivity index (χ1n) is 7.22. The van der Waals surface area contributed by atoms with Crippen molar-refractivity contribution in [1.82, 2.24) is 10.2 Å². The van der Waals surface area contributed by atoms with Crippen LogP contribution in [0, 0.1) is 11.3 Å². The van der Waals surface area contributed by atoms with Crippen LogP contribution in [-0.2, 0) is 16.1 Å². The van der Waals surface area contributed by atoms with Gasteiger partial charge in [-0.25, -0.2) is 0 Å². The third kappa shape index (κ3) is 2.32. The molecule has 0 aromatic carbocycles. The summed E-state index contributed by atoms with van der Waals surface area (Å²) in [6.45, 7) is 3.87. The zero-order valence-corrected chi connectivity index (χ0v) is 11.7. The number of rotatable bonds is 4. The molecule has 2 aliphatic rings. The summed E-state index contributed by atoms with van der Waals surface area (Å²) in [4.78, 5) is 25.8. The van der Waals surface area contributed by atoms with Crippen molar-refractivity contribution >= 4 is 11.8 Å². The molecule has 20 heavy (non-hydrogen) atoms. The van der Waals surface area contributed by atoms with Crippen molar-refractivity contribution in [2.24, 2.45) is 11.3 Å². The first-order valence-corrected chi connectivity index (χ1v) is 7.22. The third-order valence-corrected chi connectivity index (χ3v) is 4.56. The molecular weight excluding hydrogens is 256 g/mol. The van der Waals surface area contributed by atoms with Crippen molar-refractivity contribution in [2.45, 2.75) is 32.7 Å². The fraction of sp³-hybridized carbons (Fsp3) is 0.600. The minimum atomic E-state index is 0.0536. The Kier molecular flexibility index (Phi) is 3.28. The molecule has 0 radical (unpaired) electrons. The van der Waals surface area contributed by atoms with Crippen molar-refractivity contribution in [3.63, 3.8) is 0 Å². The molecule has 1 saturated heterocycles. The molecular formula is C15H20N2O3. The Morgan fingerprint density at radius 2 is 2.40 bits per heavy atom. The molecule has 1 saturated carbocycles. The topological polar surface area (TPSA) is 62.6 Å². The Hall–Kier alpha value is -1.78. The van der Waals surface area contributed by atoms with Crippen LogP contribution in [0.1, 0.15) is 31.9 Å². The minimum absolute atomic E-state index is 0.0536. The van der Waals surface area contributed by atoms with Gasteiger partial charge < -0.3 is 14.6 Å². The molecule has 2 fully saturated rings. The molecule has 2 heterocycles. The van der Waals surface area contributed by atoms with Crippen LogP contribution in [0.2, 0.25) is 0 Å². The molecule has 1 aromatic heterocycles. The predicted molar refractivity (Wildman–Crippen MR) is 72.6 cm³/mol. The fourth-order valence-corrected chi connectivity index (χ4v) is 3.21. The largest absolute Gasteiger partial charge is 0.467 e. The van der Waals surface area contributed by atoms with Crippen molar-refractivity contribution in [3.05, 3.63) is 24.2 Å². The number of amides is 2. The van der Waals surface area contributed by atoms with E-state index in [9.17, 15) is 9.59 Å². The second kappa shape index (κ2) is 4.96. The van der Waals surface area contributed by atoms with Gasteiger partial charge >= 0.3 is 0 Å². The second-order valence-electron chi connectivity index (χ2n) is 5.84. The van der Waals surface area contributed by atoms with Crippen molar-refractivity contribution in [3.8, 4) is 0 Å². The maximum atomic E-state index is 12.2. The SMILES string of the molecule is CCC(=O)N1CC[C@]2(C[C@H]2C(=O)NCc2ccco2)C1. The first kappa shape index (κ1) is 13.2. The zero-order chi connectivity index (χ0) is 14.2. The van der Waals surface area contributed by atoms with Crippen molar-refractivity contribution in [1.29, 1.82) is 0 Å². The van der Waals surface area contributed by atoms with E-state index in [4.69, 9.17) is 4.42 Å². The Labute approximate surface area is 118 Å². The summed E-state index contributed by atoms with van der Waals surface area (Å²) < 4.78 is 5.20. The molecule has 108 valence electrons. The highest BCUT2D eigenvalue weighted by molar-refractivity contribution is 5.83. The van der Waals surface area contributed by atoms with E-state index in [0.717, 1.165) is 31.7 Å². The average Bonchev–Trinajstić information content (AvgIpc) is 2.85. The Morgan fingerprint density at radius 1 is 1.55 bits per heavy atom. The normalized spacial score (nSPS) is 27.9. The summed E-state index contributed by atoms with van der Waals surface area (Å²) in [7, 11) is 0. The van der Waals surface area contributed by atoms with Crippen LogP contribution in [0.25, 0.3) is 0 Å². The molecule has 1 aromatic rings. The lowest BCUT2D eigenvalue weighted by molar-refractivity contribution is -0.130. The molecule has 5 nitrogen and oxygen atoms in total. The van der Waals surface area contributed by atoms with Gasteiger partial charge in [0.2, 0.25) is 11.8 Å². The molecule has 1 spiro atoms. The number of furan rings is 1. The van der Waals surface area contributed by atoms with Crippen LogP contribution >= 0.6 is 0 Å². The lowest BCUT2D eigenvalue weighted by Crippen LogP contribution is -2.30. The second-order valence-corrected chi connectivity index (χ2v) is 5.84. The molecule has 2 amide bonds. The van der Waals surface area contributed by atoms with Crippen LogP contribution in [0.3, 0.4) is 0 Å². The molecule has 3 rings (SSSR count). The van der Waals surface area contributed by atoms with Crippen LogP contribution in [-0.4, -0.2) is 29.8 Å². The summed E-state index contributed by atoms with van der Waals surface area (Å²) in [6, 6.07) is 3.66. The highest BCUT2D eigenvalue weighted by atomic mass is 16.3. The van der Waals surface area contributed by atoms with Gasteiger partial charge in [-0.1, -0.05) is 6.92 Å². The predicted octanol–water partition coefficient (Wildman–Crippen LogP) is 1.54. The van der Waals surface area contributed by atoms with Gasteiger partial charge in [0.1, 0.15) is 5.76 Å². The van der Waals surface area contributed by atoms with Crippen LogP contribution < -0.4 is 5.32 Å². The van der Waals surface area contributed by atoms with Crippen molar-refractivity contribution < 1.29 is 14.0 Å². The Balaban J connectivity index is 1.51. The van der Waals surface area contributed by atoms with E-state index >= 15 is 0 Å². The minimum Gasteiger partial charge on any atom is -0.467 e. The summed E-state index contributed by atoms with van der Waals surface area (Å²) in [6.07, 6.45) is 4.01. The summed E-state index contributed by atoms with van der Waals surface area (Å²) in [5.74, 6) is 1.12. The Bertz CT molecular complexity index is 511. The number of hydrogen-bond donors (Lipinski definition) is 1. The van der Waals surface area contributed by atoms with E-state index in [-0.39, 0.29) is 23.1 Å². The van der Waals surface area contributed by atoms with Gasteiger partial charge in [-0.15, -0.1) is 0 Å². The molecule has 1 aliphatic heterocycles. The van der Waals surface area contributed by atoms with Gasteiger partial charge in [0.05, 0.1) is 12.8 Å². The molecule has 1 aliphatic carbocycles. The number of carbonyl (C=O) groups is 2. The third-order valence-electron chi connectivity index (χ3n) is 4.56. The van der Waals surface area contributed by atoms with E-state index in [1.807, 2.05) is 24.0 Å². The summed E-state index contributed by atoms with van der Waals surface area (Å²) >= 11 is 0. The molecule has 5 heteroatoms. The lowest BCUT2D eigenvalue weighted by Gasteiger charge is -2.15. The maximum Gasteiger partial charge on any atom is 0.224 e. The molecule has 0 unspecified atom stereocenters. The first-order chi connectivity index (χ1) is 9.64. The number of carbonyl (C=O) groups excluding carboxylic acids is 2. The molecule has 1 N–H and O–H groups in total. The Morgan fingerprint density at radius 3 is 3.10 bits per heavy atom. The highest BCUT2D eigenvalue weighted by Gasteiger charge is 2.61.